The van der Waals surface area contributed by atoms with Crippen molar-refractivity contribution in [2.75, 3.05) is 19.8 Å². The number of hydrogen-bond acceptors (Lipinski definition) is 6. The third kappa shape index (κ3) is 3.73. The van der Waals surface area contributed by atoms with E-state index >= 15 is 0 Å². The minimum absolute atomic E-state index is 0.00764. The van der Waals surface area contributed by atoms with Crippen molar-refractivity contribution in [1.82, 2.24) is 20.1 Å². The van der Waals surface area contributed by atoms with E-state index in [2.05, 4.69) is 15.2 Å². The van der Waals surface area contributed by atoms with Crippen LogP contribution in [-0.2, 0) is 16.1 Å². The molecule has 1 aliphatic carbocycles. The van der Waals surface area contributed by atoms with Gasteiger partial charge in [-0.05, 0) is 37.0 Å². The second kappa shape index (κ2) is 7.88. The van der Waals surface area contributed by atoms with E-state index < -0.39 is 0 Å². The fourth-order valence-corrected chi connectivity index (χ4v) is 3.84. The first-order valence-corrected chi connectivity index (χ1v) is 8.98. The average Bonchev–Trinajstić information content (AvgIpc) is 3.12. The van der Waals surface area contributed by atoms with E-state index in [1.165, 1.54) is 6.20 Å². The molecule has 0 aromatic carbocycles. The summed E-state index contributed by atoms with van der Waals surface area (Å²) in [6, 6.07) is 7.63. The first kappa shape index (κ1) is 17.1. The Morgan fingerprint density at radius 2 is 2.19 bits per heavy atom. The Morgan fingerprint density at radius 3 is 3.00 bits per heavy atom. The highest BCUT2D eigenvalue weighted by molar-refractivity contribution is 5.94. The van der Waals surface area contributed by atoms with Gasteiger partial charge in [0, 0.05) is 12.7 Å². The zero-order valence-electron chi connectivity index (χ0n) is 14.5. The van der Waals surface area contributed by atoms with Gasteiger partial charge in [-0.25, -0.2) is 0 Å². The molecule has 26 heavy (non-hydrogen) atoms. The molecule has 1 aliphatic heterocycles. The number of carbonyl (C=O) groups excluding carboxylic acids is 1. The zero-order chi connectivity index (χ0) is 17.8. The minimum atomic E-state index is 0.00764. The van der Waals surface area contributed by atoms with Gasteiger partial charge < -0.3 is 14.4 Å². The molecule has 136 valence electrons. The standard InChI is InChI=1S/C19H22N4O3/c24-19(15-4-6-21-22-11-15)23-7-8-26-18-10-14(9-17(18)23)12-25-13-16-3-1-2-5-20-16/h1-6,11,14,17-18H,7-10,12-13H2/t14-,17+,18+/m1/s1. The van der Waals surface area contributed by atoms with E-state index in [1.54, 1.807) is 18.5 Å². The molecule has 0 N–H and O–H groups in total. The molecule has 3 heterocycles. The number of carbonyl (C=O) groups is 1. The second-order valence-corrected chi connectivity index (χ2v) is 6.78. The number of amides is 1. The maximum absolute atomic E-state index is 12.8. The fourth-order valence-electron chi connectivity index (χ4n) is 3.84. The lowest BCUT2D eigenvalue weighted by atomic mass is 10.1. The minimum Gasteiger partial charge on any atom is -0.375 e. The van der Waals surface area contributed by atoms with Crippen molar-refractivity contribution >= 4 is 5.91 Å². The zero-order valence-corrected chi connectivity index (χ0v) is 14.5. The van der Waals surface area contributed by atoms with Crippen LogP contribution in [0.15, 0.2) is 42.9 Å². The fraction of sp³-hybridized carbons (Fsp3) is 0.474. The SMILES string of the molecule is O=C(c1ccnnc1)N1CCO[C@H]2C[C@H](COCc3ccccn3)C[C@@H]21. The van der Waals surface area contributed by atoms with Crippen LogP contribution in [0.2, 0.25) is 0 Å². The Labute approximate surface area is 152 Å². The van der Waals surface area contributed by atoms with Crippen LogP contribution in [0.5, 0.6) is 0 Å². The number of fused-ring (bicyclic) bond motifs is 1. The smallest absolute Gasteiger partial charge is 0.255 e. The molecular formula is C19H22N4O3. The molecule has 1 saturated carbocycles. The Kier molecular flexibility index (Phi) is 5.17. The summed E-state index contributed by atoms with van der Waals surface area (Å²) in [5.74, 6) is 0.394. The highest BCUT2D eigenvalue weighted by Gasteiger charge is 2.43. The maximum atomic E-state index is 12.8. The summed E-state index contributed by atoms with van der Waals surface area (Å²) in [6.45, 7) is 2.36. The van der Waals surface area contributed by atoms with Crippen molar-refractivity contribution in [3.8, 4) is 0 Å². The van der Waals surface area contributed by atoms with E-state index in [1.807, 2.05) is 23.1 Å². The van der Waals surface area contributed by atoms with Crippen LogP contribution in [-0.4, -0.2) is 57.9 Å². The van der Waals surface area contributed by atoms with Gasteiger partial charge in [0.15, 0.2) is 0 Å². The summed E-state index contributed by atoms with van der Waals surface area (Å²) in [7, 11) is 0. The Hall–Kier alpha value is -2.38. The lowest BCUT2D eigenvalue weighted by Crippen LogP contribution is -2.51. The van der Waals surface area contributed by atoms with E-state index in [0.29, 0.717) is 37.8 Å². The van der Waals surface area contributed by atoms with Crippen molar-refractivity contribution < 1.29 is 14.3 Å². The quantitative estimate of drug-likeness (QED) is 0.813. The normalized spacial score (nSPS) is 25.1. The summed E-state index contributed by atoms with van der Waals surface area (Å²) in [5.41, 5.74) is 1.51. The molecule has 2 aromatic rings. The third-order valence-corrected chi connectivity index (χ3v) is 5.06. The summed E-state index contributed by atoms with van der Waals surface area (Å²) >= 11 is 0. The number of morpholine rings is 1. The second-order valence-electron chi connectivity index (χ2n) is 6.78. The van der Waals surface area contributed by atoms with E-state index in [9.17, 15) is 4.79 Å². The predicted molar refractivity (Wildman–Crippen MR) is 93.2 cm³/mol. The molecule has 1 saturated heterocycles. The molecule has 0 spiro atoms. The van der Waals surface area contributed by atoms with E-state index in [0.717, 1.165) is 18.5 Å². The van der Waals surface area contributed by atoms with Crippen LogP contribution >= 0.6 is 0 Å². The topological polar surface area (TPSA) is 77.4 Å². The first-order chi connectivity index (χ1) is 12.8. The Bertz CT molecular complexity index is 728. The number of pyridine rings is 1. The van der Waals surface area contributed by atoms with Crippen LogP contribution in [0.4, 0.5) is 0 Å². The largest absolute Gasteiger partial charge is 0.375 e. The molecule has 7 nitrogen and oxygen atoms in total. The first-order valence-electron chi connectivity index (χ1n) is 8.98. The third-order valence-electron chi connectivity index (χ3n) is 5.06. The molecule has 0 bridgehead atoms. The lowest BCUT2D eigenvalue weighted by molar-refractivity contribution is -0.0450. The Morgan fingerprint density at radius 1 is 1.23 bits per heavy atom. The van der Waals surface area contributed by atoms with E-state index in [4.69, 9.17) is 9.47 Å². The molecule has 1 amide bonds. The molecule has 2 aromatic heterocycles. The lowest BCUT2D eigenvalue weighted by Gasteiger charge is -2.37. The van der Waals surface area contributed by atoms with Crippen molar-refractivity contribution in [2.45, 2.75) is 31.6 Å². The van der Waals surface area contributed by atoms with Crippen molar-refractivity contribution in [3.63, 3.8) is 0 Å². The molecule has 4 rings (SSSR count). The molecule has 3 atom stereocenters. The molecule has 2 aliphatic rings. The molecule has 2 fully saturated rings. The molecule has 0 radical (unpaired) electrons. The molecule has 7 heteroatoms. The van der Waals surface area contributed by atoms with E-state index in [-0.39, 0.29) is 18.1 Å². The van der Waals surface area contributed by atoms with Crippen molar-refractivity contribution in [3.05, 3.63) is 54.1 Å². The maximum Gasteiger partial charge on any atom is 0.255 e. The van der Waals surface area contributed by atoms with Gasteiger partial charge in [-0.1, -0.05) is 6.07 Å². The monoisotopic (exact) mass is 354 g/mol. The van der Waals surface area contributed by atoms with Gasteiger partial charge in [-0.2, -0.15) is 10.2 Å². The Balaban J connectivity index is 1.35. The van der Waals surface area contributed by atoms with Crippen LogP contribution < -0.4 is 0 Å². The number of rotatable bonds is 5. The highest BCUT2D eigenvalue weighted by atomic mass is 16.5. The number of hydrogen-bond donors (Lipinski definition) is 0. The average molecular weight is 354 g/mol. The summed E-state index contributed by atoms with van der Waals surface area (Å²) in [6.07, 6.45) is 6.76. The number of aromatic nitrogens is 3. The summed E-state index contributed by atoms with van der Waals surface area (Å²) in [4.78, 5) is 19.0. The van der Waals surface area contributed by atoms with Crippen LogP contribution in [0, 0.1) is 5.92 Å². The van der Waals surface area contributed by atoms with Crippen LogP contribution in [0.25, 0.3) is 0 Å². The van der Waals surface area contributed by atoms with Crippen LogP contribution in [0.1, 0.15) is 28.9 Å². The molecular weight excluding hydrogens is 332 g/mol. The van der Waals surface area contributed by atoms with Gasteiger partial charge in [0.1, 0.15) is 0 Å². The highest BCUT2D eigenvalue weighted by Crippen LogP contribution is 2.35. The van der Waals surface area contributed by atoms with Crippen molar-refractivity contribution in [1.29, 1.82) is 0 Å². The number of nitrogens with zero attached hydrogens (tertiary/aromatic N) is 4. The predicted octanol–water partition coefficient (Wildman–Crippen LogP) is 1.71. The van der Waals surface area contributed by atoms with Gasteiger partial charge in [-0.3, -0.25) is 9.78 Å². The molecule has 0 unspecified atom stereocenters. The van der Waals surface area contributed by atoms with Gasteiger partial charge in [0.25, 0.3) is 5.91 Å². The van der Waals surface area contributed by atoms with Gasteiger partial charge >= 0.3 is 0 Å². The van der Waals surface area contributed by atoms with Gasteiger partial charge in [-0.15, -0.1) is 0 Å². The van der Waals surface area contributed by atoms with Crippen LogP contribution in [0.3, 0.4) is 0 Å². The van der Waals surface area contributed by atoms with Crippen molar-refractivity contribution in [2.24, 2.45) is 5.92 Å². The number of ether oxygens (including phenoxy) is 2. The summed E-state index contributed by atoms with van der Waals surface area (Å²) in [5, 5.41) is 7.56. The van der Waals surface area contributed by atoms with Gasteiger partial charge in [0.2, 0.25) is 0 Å². The van der Waals surface area contributed by atoms with Gasteiger partial charge in [0.05, 0.1) is 55.6 Å². The summed E-state index contributed by atoms with van der Waals surface area (Å²) < 4.78 is 11.8.